The van der Waals surface area contributed by atoms with E-state index in [1.54, 1.807) is 7.11 Å². The van der Waals surface area contributed by atoms with Crippen molar-refractivity contribution in [1.82, 2.24) is 0 Å². The molecule has 0 radical (unpaired) electrons. The van der Waals surface area contributed by atoms with E-state index >= 15 is 0 Å². The van der Waals surface area contributed by atoms with Gasteiger partial charge in [0.05, 0.1) is 12.2 Å². The first kappa shape index (κ1) is 20.2. The Balaban J connectivity index is 2.12. The maximum absolute atomic E-state index is 6.50. The van der Waals surface area contributed by atoms with Gasteiger partial charge in [0.25, 0.3) is 0 Å². The molecule has 4 heteroatoms. The predicted octanol–water partition coefficient (Wildman–Crippen LogP) is 4.47. The lowest BCUT2D eigenvalue weighted by Gasteiger charge is -2.48. The van der Waals surface area contributed by atoms with Crippen LogP contribution in [0.15, 0.2) is 0 Å². The van der Waals surface area contributed by atoms with E-state index in [-0.39, 0.29) is 30.9 Å². The number of hydrogen-bond donors (Lipinski definition) is 0. The second-order valence-electron chi connectivity index (χ2n) is 8.03. The molecule has 2 heterocycles. The van der Waals surface area contributed by atoms with Crippen LogP contribution in [-0.4, -0.2) is 38.0 Å². The fraction of sp³-hybridized carbons (Fsp3) is 1.00. The minimum Gasteiger partial charge on any atom is -0.353 e. The van der Waals surface area contributed by atoms with Crippen molar-refractivity contribution >= 4 is 0 Å². The molecular formula is C20H38O4. The topological polar surface area (TPSA) is 36.9 Å². The number of hydrogen-bond acceptors (Lipinski definition) is 4. The van der Waals surface area contributed by atoms with Crippen LogP contribution in [0.1, 0.15) is 61.3 Å². The summed E-state index contributed by atoms with van der Waals surface area (Å²) in [5.74, 6) is 2.33. The van der Waals surface area contributed by atoms with E-state index in [2.05, 4.69) is 48.5 Å². The summed E-state index contributed by atoms with van der Waals surface area (Å²) in [4.78, 5) is 0. The summed E-state index contributed by atoms with van der Waals surface area (Å²) in [5.41, 5.74) is 0. The average Bonchev–Trinajstić information content (AvgIpc) is 2.59. The molecule has 2 saturated heterocycles. The summed E-state index contributed by atoms with van der Waals surface area (Å²) in [5, 5.41) is 0. The lowest BCUT2D eigenvalue weighted by Crippen LogP contribution is -2.55. The molecule has 0 aliphatic carbocycles. The fourth-order valence-electron chi connectivity index (χ4n) is 4.37. The maximum Gasteiger partial charge on any atom is 0.184 e. The van der Waals surface area contributed by atoms with Crippen LogP contribution in [0.5, 0.6) is 0 Å². The van der Waals surface area contributed by atoms with Gasteiger partial charge in [-0.25, -0.2) is 0 Å². The van der Waals surface area contributed by atoms with Crippen molar-refractivity contribution in [2.75, 3.05) is 7.11 Å². The minimum atomic E-state index is -0.313. The molecule has 142 valence electrons. The summed E-state index contributed by atoms with van der Waals surface area (Å²) in [6, 6.07) is 0. The highest BCUT2D eigenvalue weighted by Crippen LogP contribution is 2.40. The van der Waals surface area contributed by atoms with E-state index in [0.717, 1.165) is 12.8 Å². The first-order valence-corrected chi connectivity index (χ1v) is 9.84. The molecule has 0 aromatic rings. The Morgan fingerprint density at radius 2 is 1.17 bits per heavy atom. The van der Waals surface area contributed by atoms with Crippen molar-refractivity contribution in [3.63, 3.8) is 0 Å². The van der Waals surface area contributed by atoms with Crippen molar-refractivity contribution < 1.29 is 18.9 Å². The number of ether oxygens (including phenoxy) is 4. The zero-order chi connectivity index (χ0) is 18.0. The highest BCUT2D eigenvalue weighted by Gasteiger charge is 2.46. The van der Waals surface area contributed by atoms with Crippen LogP contribution >= 0.6 is 0 Å². The molecule has 0 bridgehead atoms. The SMILES string of the molecule is CCC1O[C@@H](OC2[C@@H](OC)OC(CC)[C@@H](C)[C@@H]2C)C(C)[C@@H](C)[C@@H]1C. The standard InChI is InChI=1S/C20H38O4/c1-9-16-12(4)11(3)15(7)19(22-16)24-18-14(6)13(5)17(10-2)23-20(18)21-8/h11-20H,9-10H2,1-8H3/t11-,12-,13-,14-,15?,16?,17?,18?,19-,20-/m0/s1. The Morgan fingerprint density at radius 1 is 0.667 bits per heavy atom. The van der Waals surface area contributed by atoms with Gasteiger partial charge >= 0.3 is 0 Å². The van der Waals surface area contributed by atoms with E-state index in [0.29, 0.717) is 29.6 Å². The maximum atomic E-state index is 6.50. The Hall–Kier alpha value is -0.160. The third kappa shape index (κ3) is 3.82. The van der Waals surface area contributed by atoms with Crippen LogP contribution in [0, 0.1) is 29.6 Å². The highest BCUT2D eigenvalue weighted by molar-refractivity contribution is 4.88. The van der Waals surface area contributed by atoms with E-state index in [9.17, 15) is 0 Å². The van der Waals surface area contributed by atoms with Gasteiger partial charge in [-0.3, -0.25) is 0 Å². The largest absolute Gasteiger partial charge is 0.353 e. The van der Waals surface area contributed by atoms with Crippen LogP contribution in [0.3, 0.4) is 0 Å². The second-order valence-corrected chi connectivity index (χ2v) is 8.03. The smallest absolute Gasteiger partial charge is 0.184 e. The highest BCUT2D eigenvalue weighted by atomic mass is 16.7. The van der Waals surface area contributed by atoms with Crippen molar-refractivity contribution in [3.8, 4) is 0 Å². The second kappa shape index (κ2) is 8.48. The Labute approximate surface area is 148 Å². The zero-order valence-corrected chi connectivity index (χ0v) is 16.8. The van der Waals surface area contributed by atoms with Gasteiger partial charge in [-0.1, -0.05) is 48.5 Å². The van der Waals surface area contributed by atoms with E-state index in [4.69, 9.17) is 18.9 Å². The van der Waals surface area contributed by atoms with Gasteiger partial charge in [-0.05, 0) is 36.5 Å². The molecule has 2 aliphatic heterocycles. The third-order valence-corrected chi connectivity index (χ3v) is 6.82. The molecule has 0 aromatic carbocycles. The first-order valence-electron chi connectivity index (χ1n) is 9.84. The predicted molar refractivity (Wildman–Crippen MR) is 95.6 cm³/mol. The van der Waals surface area contributed by atoms with Crippen LogP contribution in [0.2, 0.25) is 0 Å². The van der Waals surface area contributed by atoms with Crippen LogP contribution in [0.4, 0.5) is 0 Å². The van der Waals surface area contributed by atoms with Gasteiger partial charge in [0.2, 0.25) is 0 Å². The fourth-order valence-corrected chi connectivity index (χ4v) is 4.37. The molecule has 4 unspecified atom stereocenters. The molecule has 2 aliphatic rings. The molecule has 10 atom stereocenters. The normalized spacial score (nSPS) is 50.0. The van der Waals surface area contributed by atoms with Gasteiger partial charge in [-0.2, -0.15) is 0 Å². The van der Waals surface area contributed by atoms with E-state index < -0.39 is 0 Å². The summed E-state index contributed by atoms with van der Waals surface area (Å²) >= 11 is 0. The van der Waals surface area contributed by atoms with Crippen LogP contribution in [0.25, 0.3) is 0 Å². The molecule has 0 spiro atoms. The van der Waals surface area contributed by atoms with Crippen molar-refractivity contribution in [1.29, 1.82) is 0 Å². The molecular weight excluding hydrogens is 304 g/mol. The Morgan fingerprint density at radius 3 is 1.67 bits per heavy atom. The van der Waals surface area contributed by atoms with Gasteiger partial charge in [0.15, 0.2) is 12.6 Å². The number of rotatable bonds is 5. The van der Waals surface area contributed by atoms with Crippen molar-refractivity contribution in [2.45, 2.75) is 92.2 Å². The molecule has 2 rings (SSSR count). The summed E-state index contributed by atoms with van der Waals surface area (Å²) in [6.45, 7) is 15.7. The van der Waals surface area contributed by atoms with Gasteiger partial charge in [0, 0.05) is 13.0 Å². The monoisotopic (exact) mass is 342 g/mol. The van der Waals surface area contributed by atoms with Gasteiger partial charge in [0.1, 0.15) is 6.10 Å². The van der Waals surface area contributed by atoms with E-state index in [1.807, 2.05) is 0 Å². The molecule has 4 nitrogen and oxygen atoms in total. The van der Waals surface area contributed by atoms with Gasteiger partial charge in [-0.15, -0.1) is 0 Å². The third-order valence-electron chi connectivity index (χ3n) is 6.82. The van der Waals surface area contributed by atoms with Crippen molar-refractivity contribution in [3.05, 3.63) is 0 Å². The number of methoxy groups -OCH3 is 1. The lowest BCUT2D eigenvalue weighted by molar-refractivity contribution is -0.333. The summed E-state index contributed by atoms with van der Waals surface area (Å²) in [6.07, 6.45) is 1.95. The zero-order valence-electron chi connectivity index (χ0n) is 16.8. The van der Waals surface area contributed by atoms with Crippen LogP contribution in [-0.2, 0) is 18.9 Å². The molecule has 0 N–H and O–H groups in total. The minimum absolute atomic E-state index is 0.0848. The van der Waals surface area contributed by atoms with E-state index in [1.165, 1.54) is 0 Å². The molecule has 0 aromatic heterocycles. The Bertz CT molecular complexity index is 384. The van der Waals surface area contributed by atoms with Gasteiger partial charge < -0.3 is 18.9 Å². The summed E-state index contributed by atoms with van der Waals surface area (Å²) in [7, 11) is 1.71. The quantitative estimate of drug-likeness (QED) is 0.739. The lowest BCUT2D eigenvalue weighted by atomic mass is 9.78. The molecule has 0 amide bonds. The van der Waals surface area contributed by atoms with Crippen molar-refractivity contribution in [2.24, 2.45) is 29.6 Å². The molecule has 24 heavy (non-hydrogen) atoms. The first-order chi connectivity index (χ1) is 11.3. The average molecular weight is 343 g/mol. The Kier molecular flexibility index (Phi) is 7.12. The summed E-state index contributed by atoms with van der Waals surface area (Å²) < 4.78 is 24.6. The molecule has 2 fully saturated rings. The van der Waals surface area contributed by atoms with Crippen LogP contribution < -0.4 is 0 Å². The molecule has 0 saturated carbocycles.